The molecule has 83 valence electrons. The van der Waals surface area contributed by atoms with Crippen molar-refractivity contribution in [3.8, 4) is 5.75 Å². The van der Waals surface area contributed by atoms with Gasteiger partial charge in [-0.05, 0) is 23.8 Å². The van der Waals surface area contributed by atoms with E-state index < -0.39 is 0 Å². The summed E-state index contributed by atoms with van der Waals surface area (Å²) in [5, 5.41) is 0.904. The van der Waals surface area contributed by atoms with Crippen molar-refractivity contribution in [1.82, 2.24) is 4.99 Å². The summed E-state index contributed by atoms with van der Waals surface area (Å²) in [5.41, 5.74) is 7.53. The lowest BCUT2D eigenvalue weighted by molar-refractivity contribution is -0.206. The van der Waals surface area contributed by atoms with Crippen LogP contribution in [0.1, 0.15) is 11.1 Å². The first kappa shape index (κ1) is 11.9. The van der Waals surface area contributed by atoms with Crippen LogP contribution in [0.15, 0.2) is 23.1 Å². The molecule has 1 aromatic carbocycles. The van der Waals surface area contributed by atoms with Gasteiger partial charge in [0.15, 0.2) is 0 Å². The molecule has 1 aromatic rings. The lowest BCUT2D eigenvalue weighted by Gasteiger charge is -2.02. The van der Waals surface area contributed by atoms with Crippen molar-refractivity contribution in [2.75, 3.05) is 7.11 Å². The Morgan fingerprint density at radius 3 is 3.00 bits per heavy atom. The van der Waals surface area contributed by atoms with Crippen molar-refractivity contribution in [2.45, 2.75) is 6.42 Å². The maximum Gasteiger partial charge on any atom is 0.471 e. The van der Waals surface area contributed by atoms with Crippen LogP contribution in [0.25, 0.3) is 5.70 Å². The Morgan fingerprint density at radius 2 is 2.25 bits per heavy atom. The highest BCUT2D eigenvalue weighted by Gasteiger charge is 2.39. The van der Waals surface area contributed by atoms with Gasteiger partial charge in [0.1, 0.15) is 10.7 Å². The lowest BCUT2D eigenvalue weighted by Crippen LogP contribution is -3.00. The summed E-state index contributed by atoms with van der Waals surface area (Å²) in [6.07, 6.45) is 0.967. The van der Waals surface area contributed by atoms with E-state index in [1.165, 1.54) is 16.0 Å². The molecule has 5 heteroatoms. The zero-order valence-corrected chi connectivity index (χ0v) is 11.8. The molecule has 1 aliphatic carbocycles. The van der Waals surface area contributed by atoms with Gasteiger partial charge >= 0.3 is 10.9 Å². The second kappa shape index (κ2) is 4.38. The number of benzene rings is 1. The second-order valence-corrected chi connectivity index (χ2v) is 4.75. The molecule has 0 unspecified atom stereocenters. The smallest absolute Gasteiger partial charge is 0.471 e. The number of allylic oxidation sites excluding steroid dienone is 1. The van der Waals surface area contributed by atoms with Crippen molar-refractivity contribution >= 4 is 22.6 Å². The zero-order valence-electron chi connectivity index (χ0n) is 8.79. The Morgan fingerprint density at radius 1 is 1.44 bits per heavy atom. The van der Waals surface area contributed by atoms with Crippen LogP contribution in [0.3, 0.4) is 0 Å². The number of hydrogen-bond donors (Lipinski definition) is 1. The molecule has 1 radical (unpaired) electrons. The van der Waals surface area contributed by atoms with E-state index in [4.69, 9.17) is 4.74 Å². The molecule has 0 bridgehead atoms. The maximum absolute atomic E-state index is 5.21. The van der Waals surface area contributed by atoms with Gasteiger partial charge in [-0.25, -0.2) is 0 Å². The van der Waals surface area contributed by atoms with Crippen LogP contribution < -0.4 is 39.4 Å². The first-order chi connectivity index (χ1) is 7.28. The van der Waals surface area contributed by atoms with Gasteiger partial charge in [0.2, 0.25) is 0 Å². The molecule has 2 aliphatic rings. The summed E-state index contributed by atoms with van der Waals surface area (Å²) in [5.74, 6) is 0.916. The number of hydrogen-bond acceptors (Lipinski definition) is 3. The summed E-state index contributed by atoms with van der Waals surface area (Å²) in [4.78, 5) is 5.78. The molecule has 0 amide bonds. The van der Waals surface area contributed by atoms with E-state index in [2.05, 4.69) is 22.9 Å². The van der Waals surface area contributed by atoms with Gasteiger partial charge in [-0.1, -0.05) is 0 Å². The largest absolute Gasteiger partial charge is 1.00 e. The highest BCUT2D eigenvalue weighted by Crippen LogP contribution is 2.40. The SMILES string of the molecule is COc1ccc2c(c1)CC1=C2[N+]=C([NH3+])S1.[I-]. The molecule has 1 heterocycles. The van der Waals surface area contributed by atoms with Crippen molar-refractivity contribution in [3.05, 3.63) is 34.2 Å². The number of fused-ring (bicyclic) bond motifs is 2. The van der Waals surface area contributed by atoms with Gasteiger partial charge < -0.3 is 28.7 Å². The summed E-state index contributed by atoms with van der Waals surface area (Å²) in [6, 6.07) is 6.15. The van der Waals surface area contributed by atoms with Crippen molar-refractivity contribution < 1.29 is 34.4 Å². The maximum atomic E-state index is 5.21. The third kappa shape index (κ3) is 1.76. The summed E-state index contributed by atoms with van der Waals surface area (Å²) in [6.45, 7) is 0. The van der Waals surface area contributed by atoms with E-state index in [-0.39, 0.29) is 24.0 Å². The molecule has 3 N–H and O–H groups in total. The van der Waals surface area contributed by atoms with E-state index >= 15 is 0 Å². The summed E-state index contributed by atoms with van der Waals surface area (Å²) < 4.78 is 5.21. The number of nitrogens with zero attached hydrogens (tertiary/aromatic N) is 1. The van der Waals surface area contributed by atoms with E-state index in [0.29, 0.717) is 0 Å². The van der Waals surface area contributed by atoms with Crippen LogP contribution in [-0.4, -0.2) is 12.3 Å². The van der Waals surface area contributed by atoms with Crippen LogP contribution in [0.5, 0.6) is 5.75 Å². The summed E-state index contributed by atoms with van der Waals surface area (Å²) in [7, 11) is 1.69. The Hall–Kier alpha value is -0.530. The van der Waals surface area contributed by atoms with Crippen LogP contribution in [0.4, 0.5) is 0 Å². The van der Waals surface area contributed by atoms with Gasteiger partial charge in [-0.3, -0.25) is 5.73 Å². The number of aliphatic imine (C=N–C) groups is 1. The van der Waals surface area contributed by atoms with E-state index in [1.54, 1.807) is 18.9 Å². The van der Waals surface area contributed by atoms with E-state index in [9.17, 15) is 0 Å². The fourth-order valence-corrected chi connectivity index (χ4v) is 2.88. The Kier molecular flexibility index (Phi) is 3.27. The first-order valence-electron chi connectivity index (χ1n) is 4.77. The molecular formula is C11H11IN2OS+. The number of rotatable bonds is 1. The predicted molar refractivity (Wildman–Crippen MR) is 61.2 cm³/mol. The Labute approximate surface area is 115 Å². The molecule has 16 heavy (non-hydrogen) atoms. The van der Waals surface area contributed by atoms with E-state index in [0.717, 1.165) is 23.0 Å². The van der Waals surface area contributed by atoms with Crippen LogP contribution >= 0.6 is 11.8 Å². The average molecular weight is 346 g/mol. The number of ether oxygens (including phenoxy) is 1. The third-order valence-corrected chi connectivity index (χ3v) is 3.57. The number of thioether (sulfide) groups is 1. The van der Waals surface area contributed by atoms with Crippen molar-refractivity contribution in [1.29, 1.82) is 0 Å². The second-order valence-electron chi connectivity index (χ2n) is 3.58. The molecule has 0 saturated heterocycles. The van der Waals surface area contributed by atoms with Gasteiger partial charge in [0.05, 0.1) is 29.3 Å². The lowest BCUT2D eigenvalue weighted by atomic mass is 10.1. The molecule has 1 aliphatic heterocycles. The fraction of sp³-hybridized carbons (Fsp3) is 0.182. The minimum Gasteiger partial charge on any atom is -1.00 e. The van der Waals surface area contributed by atoms with Crippen LogP contribution in [-0.2, 0) is 6.42 Å². The first-order valence-corrected chi connectivity index (χ1v) is 5.58. The predicted octanol–water partition coefficient (Wildman–Crippen LogP) is -2.40. The standard InChI is InChI=1S/C11H10N2OS.HI/c1-14-7-2-3-8-6(4-7)5-9-10(8)13-11(12)15-9;/h2-4H,5,12H2,1H3;1H/q+1;. The molecule has 3 rings (SSSR count). The molecule has 0 fully saturated rings. The van der Waals surface area contributed by atoms with Gasteiger partial charge in [-0.2, -0.15) is 0 Å². The number of amidine groups is 1. The quantitative estimate of drug-likeness (QED) is 0.577. The minimum absolute atomic E-state index is 0. The van der Waals surface area contributed by atoms with E-state index in [1.807, 2.05) is 6.07 Å². The molecule has 0 saturated carbocycles. The topological polar surface area (TPSA) is 51.0 Å². The highest BCUT2D eigenvalue weighted by atomic mass is 127. The zero-order chi connectivity index (χ0) is 10.4. The van der Waals surface area contributed by atoms with Gasteiger partial charge in [0.25, 0.3) is 0 Å². The van der Waals surface area contributed by atoms with Gasteiger partial charge in [0, 0.05) is 6.42 Å². The molecule has 0 aromatic heterocycles. The molecule has 0 atom stereocenters. The fourth-order valence-electron chi connectivity index (χ4n) is 1.98. The third-order valence-electron chi connectivity index (χ3n) is 2.66. The monoisotopic (exact) mass is 346 g/mol. The van der Waals surface area contributed by atoms with Crippen LogP contribution in [0.2, 0.25) is 0 Å². The Bertz CT molecular complexity index is 511. The Balaban J connectivity index is 0.000000963. The number of quaternary nitrogens is 1. The number of halogens is 1. The minimum atomic E-state index is 0. The van der Waals surface area contributed by atoms with Gasteiger partial charge in [-0.15, -0.1) is 0 Å². The molecule has 0 spiro atoms. The normalized spacial score (nSPS) is 16.5. The number of methoxy groups -OCH3 is 1. The molecule has 3 nitrogen and oxygen atoms in total. The molecular weight excluding hydrogens is 335 g/mol. The summed E-state index contributed by atoms with van der Waals surface area (Å²) >= 11 is 1.68. The average Bonchev–Trinajstić information content (AvgIpc) is 2.72. The van der Waals surface area contributed by atoms with Crippen LogP contribution in [0, 0.1) is 0 Å². The van der Waals surface area contributed by atoms with Crippen molar-refractivity contribution in [2.24, 2.45) is 0 Å². The van der Waals surface area contributed by atoms with Crippen molar-refractivity contribution in [3.63, 3.8) is 0 Å². The highest BCUT2D eigenvalue weighted by molar-refractivity contribution is 8.17.